The Morgan fingerprint density at radius 2 is 1.66 bits per heavy atom. The van der Waals surface area contributed by atoms with Crippen molar-refractivity contribution in [2.75, 3.05) is 10.8 Å². The summed E-state index contributed by atoms with van der Waals surface area (Å²) in [5.74, 6) is -0.609. The number of amides is 1. The van der Waals surface area contributed by atoms with Crippen molar-refractivity contribution in [1.29, 1.82) is 0 Å². The van der Waals surface area contributed by atoms with Gasteiger partial charge in [0.05, 0.1) is 16.8 Å². The van der Waals surface area contributed by atoms with Crippen LogP contribution in [0.4, 0.5) is 5.69 Å². The van der Waals surface area contributed by atoms with Crippen molar-refractivity contribution in [3.63, 3.8) is 0 Å². The van der Waals surface area contributed by atoms with E-state index in [0.717, 1.165) is 21.0 Å². The zero-order valence-electron chi connectivity index (χ0n) is 17.4. The van der Waals surface area contributed by atoms with Crippen LogP contribution in [0, 0.1) is 13.8 Å². The van der Waals surface area contributed by atoms with Crippen LogP contribution >= 0.6 is 23.2 Å². The molecule has 0 aliphatic rings. The summed E-state index contributed by atoms with van der Waals surface area (Å²) in [6.07, 6.45) is 1.44. The van der Waals surface area contributed by atoms with Crippen molar-refractivity contribution >= 4 is 51.0 Å². The predicted molar refractivity (Wildman–Crippen MR) is 129 cm³/mol. The first-order chi connectivity index (χ1) is 15.2. The highest BCUT2D eigenvalue weighted by Gasteiger charge is 2.27. The molecule has 3 aromatic rings. The summed E-state index contributed by atoms with van der Waals surface area (Å²) >= 11 is 12.1. The predicted octanol–water partition coefficient (Wildman–Crippen LogP) is 4.96. The van der Waals surface area contributed by atoms with Crippen molar-refractivity contribution in [1.82, 2.24) is 5.43 Å². The van der Waals surface area contributed by atoms with Gasteiger partial charge in [0.25, 0.3) is 15.9 Å². The van der Waals surface area contributed by atoms with Gasteiger partial charge in [0.1, 0.15) is 6.54 Å². The van der Waals surface area contributed by atoms with E-state index in [4.69, 9.17) is 23.2 Å². The molecule has 32 heavy (non-hydrogen) atoms. The van der Waals surface area contributed by atoms with Gasteiger partial charge in [-0.25, -0.2) is 13.8 Å². The van der Waals surface area contributed by atoms with Crippen LogP contribution in [0.3, 0.4) is 0 Å². The quantitative estimate of drug-likeness (QED) is 0.376. The van der Waals surface area contributed by atoms with Gasteiger partial charge in [-0.1, -0.05) is 59.1 Å². The van der Waals surface area contributed by atoms with Crippen molar-refractivity contribution in [3.05, 3.63) is 93.5 Å². The molecule has 0 aliphatic heterocycles. The van der Waals surface area contributed by atoms with Crippen LogP contribution in [0.15, 0.2) is 76.7 Å². The number of nitrogens with zero attached hydrogens (tertiary/aromatic N) is 2. The number of aryl methyl sites for hydroxylation is 2. The van der Waals surface area contributed by atoms with Crippen LogP contribution in [-0.2, 0) is 14.8 Å². The van der Waals surface area contributed by atoms with Gasteiger partial charge in [-0.15, -0.1) is 0 Å². The number of nitrogens with one attached hydrogen (secondary N) is 1. The number of hydrogen-bond donors (Lipinski definition) is 1. The first-order valence-corrected chi connectivity index (χ1v) is 11.8. The first-order valence-electron chi connectivity index (χ1n) is 9.60. The normalized spacial score (nSPS) is 11.5. The molecule has 9 heteroatoms. The molecule has 166 valence electrons. The van der Waals surface area contributed by atoms with E-state index in [1.54, 1.807) is 48.5 Å². The van der Waals surface area contributed by atoms with Crippen molar-refractivity contribution in [3.8, 4) is 0 Å². The summed E-state index contributed by atoms with van der Waals surface area (Å²) in [5.41, 5.74) is 5.08. The van der Waals surface area contributed by atoms with Crippen LogP contribution in [0.5, 0.6) is 0 Å². The number of benzene rings is 3. The van der Waals surface area contributed by atoms with E-state index in [1.165, 1.54) is 24.4 Å². The minimum absolute atomic E-state index is 0.0669. The number of carbonyl (C=O) groups is 1. The lowest BCUT2D eigenvalue weighted by atomic mass is 10.2. The van der Waals surface area contributed by atoms with E-state index in [0.29, 0.717) is 10.0 Å². The molecule has 0 saturated heterocycles. The molecule has 6 nitrogen and oxygen atoms in total. The molecule has 1 amide bonds. The molecule has 3 rings (SSSR count). The molecular weight excluding hydrogens is 469 g/mol. The Morgan fingerprint density at radius 1 is 1.00 bits per heavy atom. The van der Waals surface area contributed by atoms with Crippen LogP contribution in [0.1, 0.15) is 16.7 Å². The molecule has 0 atom stereocenters. The van der Waals surface area contributed by atoms with Crippen LogP contribution < -0.4 is 9.73 Å². The second-order valence-corrected chi connectivity index (χ2v) is 9.81. The Balaban J connectivity index is 1.86. The lowest BCUT2D eigenvalue weighted by Crippen LogP contribution is -2.39. The molecule has 0 spiro atoms. The fourth-order valence-corrected chi connectivity index (χ4v) is 4.50. The van der Waals surface area contributed by atoms with Gasteiger partial charge in [-0.05, 0) is 61.4 Å². The van der Waals surface area contributed by atoms with E-state index in [2.05, 4.69) is 10.5 Å². The summed E-state index contributed by atoms with van der Waals surface area (Å²) in [6, 6.07) is 18.1. The summed E-state index contributed by atoms with van der Waals surface area (Å²) in [7, 11) is -4.03. The zero-order chi connectivity index (χ0) is 23.3. The van der Waals surface area contributed by atoms with Crippen molar-refractivity contribution < 1.29 is 13.2 Å². The number of anilines is 1. The zero-order valence-corrected chi connectivity index (χ0v) is 19.7. The summed E-state index contributed by atoms with van der Waals surface area (Å²) in [6.45, 7) is 3.19. The largest absolute Gasteiger partial charge is 0.271 e. The first kappa shape index (κ1) is 23.8. The summed E-state index contributed by atoms with van der Waals surface area (Å²) in [4.78, 5) is 12.6. The third kappa shape index (κ3) is 5.88. The monoisotopic (exact) mass is 489 g/mol. The molecule has 0 bridgehead atoms. The average Bonchev–Trinajstić information content (AvgIpc) is 2.76. The molecule has 3 aromatic carbocycles. The second-order valence-electron chi connectivity index (χ2n) is 7.10. The van der Waals surface area contributed by atoms with Crippen LogP contribution in [0.2, 0.25) is 10.0 Å². The SMILES string of the molecule is Cc1ccc(S(=O)(=O)N(CC(=O)N/N=C\c2ccc(Cl)cc2)c2ccc(C)c(Cl)c2)cc1. The number of carbonyl (C=O) groups excluding carboxylic acids is 1. The standard InChI is InChI=1S/C23H21Cl2N3O3S/c1-16-3-11-21(12-4-16)32(30,31)28(20-10-5-17(2)22(25)13-20)15-23(29)27-26-14-18-6-8-19(24)9-7-18/h3-14H,15H2,1-2H3,(H,27,29)/b26-14-. The van der Waals surface area contributed by atoms with E-state index in [1.807, 2.05) is 13.8 Å². The van der Waals surface area contributed by atoms with Gasteiger partial charge < -0.3 is 0 Å². The molecule has 0 aliphatic carbocycles. The highest BCUT2D eigenvalue weighted by molar-refractivity contribution is 7.92. The van der Waals surface area contributed by atoms with Gasteiger partial charge in [-0.3, -0.25) is 9.10 Å². The van der Waals surface area contributed by atoms with E-state index in [-0.39, 0.29) is 10.6 Å². The average molecular weight is 490 g/mol. The summed E-state index contributed by atoms with van der Waals surface area (Å²) in [5, 5.41) is 4.88. The Hall–Kier alpha value is -2.87. The maximum atomic E-state index is 13.4. The maximum Gasteiger partial charge on any atom is 0.264 e. The molecule has 0 fully saturated rings. The molecule has 0 aromatic heterocycles. The Bertz CT molecular complexity index is 1240. The van der Waals surface area contributed by atoms with Gasteiger partial charge >= 0.3 is 0 Å². The third-order valence-electron chi connectivity index (χ3n) is 4.61. The highest BCUT2D eigenvalue weighted by atomic mass is 35.5. The smallest absolute Gasteiger partial charge is 0.264 e. The Morgan fingerprint density at radius 3 is 2.28 bits per heavy atom. The number of hydrogen-bond acceptors (Lipinski definition) is 4. The lowest BCUT2D eigenvalue weighted by Gasteiger charge is -2.24. The van der Waals surface area contributed by atoms with Crippen molar-refractivity contribution in [2.45, 2.75) is 18.7 Å². The minimum atomic E-state index is -4.03. The minimum Gasteiger partial charge on any atom is -0.271 e. The topological polar surface area (TPSA) is 78.8 Å². The highest BCUT2D eigenvalue weighted by Crippen LogP contribution is 2.28. The van der Waals surface area contributed by atoms with Gasteiger partial charge in [0, 0.05) is 10.0 Å². The fraction of sp³-hybridized carbons (Fsp3) is 0.130. The fourth-order valence-electron chi connectivity index (χ4n) is 2.78. The van der Waals surface area contributed by atoms with Gasteiger partial charge in [-0.2, -0.15) is 5.10 Å². The molecule has 0 radical (unpaired) electrons. The molecular formula is C23H21Cl2N3O3S. The van der Waals surface area contributed by atoms with Crippen molar-refractivity contribution in [2.24, 2.45) is 5.10 Å². The molecule has 0 unspecified atom stereocenters. The molecule has 0 heterocycles. The lowest BCUT2D eigenvalue weighted by molar-refractivity contribution is -0.119. The molecule has 1 N–H and O–H groups in total. The van der Waals surface area contributed by atoms with Crippen LogP contribution in [-0.4, -0.2) is 27.1 Å². The number of rotatable bonds is 7. The molecule has 0 saturated carbocycles. The second kappa shape index (κ2) is 10.2. The van der Waals surface area contributed by atoms with E-state index < -0.39 is 22.5 Å². The number of sulfonamides is 1. The van der Waals surface area contributed by atoms with Gasteiger partial charge in [0.2, 0.25) is 0 Å². The van der Waals surface area contributed by atoms with E-state index in [9.17, 15) is 13.2 Å². The Labute approximate surface area is 197 Å². The third-order valence-corrected chi connectivity index (χ3v) is 7.06. The van der Waals surface area contributed by atoms with Gasteiger partial charge in [0.15, 0.2) is 0 Å². The number of halogens is 2. The summed E-state index contributed by atoms with van der Waals surface area (Å²) < 4.78 is 27.7. The van der Waals surface area contributed by atoms with E-state index >= 15 is 0 Å². The Kier molecular flexibility index (Phi) is 7.56. The van der Waals surface area contributed by atoms with Crippen LogP contribution in [0.25, 0.3) is 0 Å². The number of hydrazone groups is 1. The maximum absolute atomic E-state index is 13.4.